The number of para-hydroxylation sites is 2. The Morgan fingerprint density at radius 2 is 2.12 bits per heavy atom. The summed E-state index contributed by atoms with van der Waals surface area (Å²) in [5, 5.41) is 3.86. The van der Waals surface area contributed by atoms with Crippen LogP contribution in [0.4, 0.5) is 5.69 Å². The van der Waals surface area contributed by atoms with Crippen LogP contribution in [0.1, 0.15) is 11.5 Å². The number of benzene rings is 1. The van der Waals surface area contributed by atoms with Crippen molar-refractivity contribution in [1.29, 1.82) is 0 Å². The Bertz CT molecular complexity index is 482. The zero-order chi connectivity index (χ0) is 12.1. The van der Waals surface area contributed by atoms with Gasteiger partial charge in [-0.05, 0) is 12.1 Å². The summed E-state index contributed by atoms with van der Waals surface area (Å²) in [5.74, 6) is 1.32. The zero-order valence-electron chi connectivity index (χ0n) is 9.55. The van der Waals surface area contributed by atoms with Crippen LogP contribution in [0.25, 0.3) is 0 Å². The molecule has 2 N–H and O–H groups in total. The highest BCUT2D eigenvalue weighted by Crippen LogP contribution is 2.20. The maximum atomic E-state index is 5.75. The summed E-state index contributed by atoms with van der Waals surface area (Å²) < 4.78 is 15.5. The maximum Gasteiger partial charge on any atom is 0.162 e. The average Bonchev–Trinajstić information content (AvgIpc) is 2.76. The lowest BCUT2D eigenvalue weighted by molar-refractivity contribution is 0.155. The van der Waals surface area contributed by atoms with E-state index in [-0.39, 0.29) is 0 Å². The minimum Gasteiger partial charge on any atom is -0.485 e. The van der Waals surface area contributed by atoms with Crippen LogP contribution in [0.5, 0.6) is 5.75 Å². The van der Waals surface area contributed by atoms with Gasteiger partial charge in [0.15, 0.2) is 5.76 Å². The fourth-order valence-electron chi connectivity index (χ4n) is 1.40. The molecule has 0 saturated carbocycles. The van der Waals surface area contributed by atoms with Crippen molar-refractivity contribution in [2.75, 3.05) is 12.8 Å². The summed E-state index contributed by atoms with van der Waals surface area (Å²) in [5.41, 5.74) is 7.06. The molecular weight excluding hydrogens is 220 g/mol. The molecule has 2 rings (SSSR count). The van der Waals surface area contributed by atoms with E-state index in [1.807, 2.05) is 18.2 Å². The molecule has 17 heavy (non-hydrogen) atoms. The van der Waals surface area contributed by atoms with E-state index >= 15 is 0 Å². The number of rotatable bonds is 5. The number of methoxy groups -OCH3 is 1. The molecule has 0 bridgehead atoms. The smallest absolute Gasteiger partial charge is 0.162 e. The molecule has 0 spiro atoms. The molecule has 0 amide bonds. The summed E-state index contributed by atoms with van der Waals surface area (Å²) in [6.45, 7) is 0.724. The van der Waals surface area contributed by atoms with Crippen LogP contribution in [0, 0.1) is 0 Å². The van der Waals surface area contributed by atoms with Gasteiger partial charge in [0, 0.05) is 13.2 Å². The number of aromatic nitrogens is 1. The van der Waals surface area contributed by atoms with Gasteiger partial charge in [-0.15, -0.1) is 0 Å². The van der Waals surface area contributed by atoms with Crippen molar-refractivity contribution in [1.82, 2.24) is 5.16 Å². The van der Waals surface area contributed by atoms with Gasteiger partial charge in [-0.3, -0.25) is 0 Å². The largest absolute Gasteiger partial charge is 0.485 e. The van der Waals surface area contributed by atoms with Gasteiger partial charge in [0.2, 0.25) is 0 Å². The van der Waals surface area contributed by atoms with Crippen molar-refractivity contribution in [2.45, 2.75) is 13.2 Å². The second kappa shape index (κ2) is 5.36. The second-order valence-electron chi connectivity index (χ2n) is 3.54. The van der Waals surface area contributed by atoms with Gasteiger partial charge in [-0.25, -0.2) is 0 Å². The molecule has 0 aliphatic rings. The highest BCUT2D eigenvalue weighted by atomic mass is 16.5. The summed E-state index contributed by atoms with van der Waals surface area (Å²) >= 11 is 0. The van der Waals surface area contributed by atoms with Crippen LogP contribution in [0.15, 0.2) is 34.9 Å². The number of hydrogen-bond acceptors (Lipinski definition) is 5. The third-order valence-corrected chi connectivity index (χ3v) is 2.19. The van der Waals surface area contributed by atoms with Gasteiger partial charge in [-0.1, -0.05) is 17.3 Å². The number of nitrogens with zero attached hydrogens (tertiary/aromatic N) is 1. The van der Waals surface area contributed by atoms with Crippen molar-refractivity contribution in [3.8, 4) is 5.75 Å². The average molecular weight is 234 g/mol. The zero-order valence-corrected chi connectivity index (χ0v) is 9.55. The van der Waals surface area contributed by atoms with Gasteiger partial charge in [0.05, 0.1) is 5.69 Å². The predicted octanol–water partition coefficient (Wildman–Crippen LogP) is 1.98. The van der Waals surface area contributed by atoms with Crippen LogP contribution in [0.3, 0.4) is 0 Å². The molecule has 5 nitrogen and oxygen atoms in total. The molecule has 1 aromatic carbocycles. The van der Waals surface area contributed by atoms with Gasteiger partial charge in [0.1, 0.15) is 24.7 Å². The molecule has 2 aromatic rings. The molecule has 5 heteroatoms. The lowest BCUT2D eigenvalue weighted by Crippen LogP contribution is -1.98. The predicted molar refractivity (Wildman–Crippen MR) is 62.4 cm³/mol. The van der Waals surface area contributed by atoms with Crippen LogP contribution in [-0.4, -0.2) is 12.3 Å². The molecule has 0 aliphatic heterocycles. The first-order chi connectivity index (χ1) is 8.29. The molecule has 0 aliphatic carbocycles. The lowest BCUT2D eigenvalue weighted by Gasteiger charge is -2.05. The van der Waals surface area contributed by atoms with Crippen molar-refractivity contribution in [2.24, 2.45) is 0 Å². The topological polar surface area (TPSA) is 70.5 Å². The molecule has 1 heterocycles. The van der Waals surface area contributed by atoms with Gasteiger partial charge in [0.25, 0.3) is 0 Å². The fourth-order valence-corrected chi connectivity index (χ4v) is 1.40. The second-order valence-corrected chi connectivity index (χ2v) is 3.54. The Labute approximate surface area is 99.1 Å². The van der Waals surface area contributed by atoms with Crippen molar-refractivity contribution < 1.29 is 14.0 Å². The molecule has 0 fully saturated rings. The lowest BCUT2D eigenvalue weighted by atomic mass is 10.3. The number of hydrogen-bond donors (Lipinski definition) is 1. The minimum atomic E-state index is 0.321. The highest BCUT2D eigenvalue weighted by molar-refractivity contribution is 5.51. The van der Waals surface area contributed by atoms with Gasteiger partial charge in [-0.2, -0.15) is 0 Å². The molecule has 90 valence electrons. The third-order valence-electron chi connectivity index (χ3n) is 2.19. The molecule has 0 radical (unpaired) electrons. The summed E-state index contributed by atoms with van der Waals surface area (Å²) in [6, 6.07) is 9.11. The van der Waals surface area contributed by atoms with E-state index in [9.17, 15) is 0 Å². The molecule has 0 atom stereocenters. The van der Waals surface area contributed by atoms with Crippen LogP contribution >= 0.6 is 0 Å². The summed E-state index contributed by atoms with van der Waals surface area (Å²) in [7, 11) is 1.60. The first kappa shape index (κ1) is 11.5. The molecule has 1 aromatic heterocycles. The monoisotopic (exact) mass is 234 g/mol. The van der Waals surface area contributed by atoms with E-state index in [0.29, 0.717) is 36.1 Å². The summed E-state index contributed by atoms with van der Waals surface area (Å²) in [6.07, 6.45) is 0. The van der Waals surface area contributed by atoms with E-state index < -0.39 is 0 Å². The number of ether oxygens (including phenoxy) is 2. The maximum absolute atomic E-state index is 5.75. The molecular formula is C12H14N2O3. The Balaban J connectivity index is 1.95. The van der Waals surface area contributed by atoms with E-state index in [4.69, 9.17) is 19.7 Å². The Morgan fingerprint density at radius 3 is 2.88 bits per heavy atom. The first-order valence-corrected chi connectivity index (χ1v) is 5.20. The standard InChI is InChI=1S/C12H14N2O3/c1-15-8-10-6-9(14-17-10)7-16-12-5-3-2-4-11(12)13/h2-6H,7-8,13H2,1H3. The Hall–Kier alpha value is -2.01. The third kappa shape index (κ3) is 2.98. The highest BCUT2D eigenvalue weighted by Gasteiger charge is 2.05. The quantitative estimate of drug-likeness (QED) is 0.801. The van der Waals surface area contributed by atoms with E-state index in [0.717, 1.165) is 0 Å². The molecule has 0 saturated heterocycles. The number of nitrogen functional groups attached to an aromatic ring is 1. The van der Waals surface area contributed by atoms with Crippen molar-refractivity contribution in [3.63, 3.8) is 0 Å². The van der Waals surface area contributed by atoms with Gasteiger partial charge >= 0.3 is 0 Å². The Kier molecular flexibility index (Phi) is 3.62. The van der Waals surface area contributed by atoms with Crippen LogP contribution in [-0.2, 0) is 18.0 Å². The SMILES string of the molecule is COCc1cc(COc2ccccc2N)no1. The van der Waals surface area contributed by atoms with Crippen LogP contribution < -0.4 is 10.5 Å². The minimum absolute atomic E-state index is 0.321. The molecule has 0 unspecified atom stereocenters. The normalized spacial score (nSPS) is 10.4. The number of anilines is 1. The van der Waals surface area contributed by atoms with E-state index in [1.165, 1.54) is 0 Å². The summed E-state index contributed by atoms with van der Waals surface area (Å²) in [4.78, 5) is 0. The van der Waals surface area contributed by atoms with Crippen LogP contribution in [0.2, 0.25) is 0 Å². The first-order valence-electron chi connectivity index (χ1n) is 5.20. The van der Waals surface area contributed by atoms with Gasteiger partial charge < -0.3 is 19.7 Å². The Morgan fingerprint density at radius 1 is 1.29 bits per heavy atom. The van der Waals surface area contributed by atoms with Crippen molar-refractivity contribution >= 4 is 5.69 Å². The van der Waals surface area contributed by atoms with Crippen molar-refractivity contribution in [3.05, 3.63) is 41.8 Å². The van der Waals surface area contributed by atoms with E-state index in [2.05, 4.69) is 5.16 Å². The van der Waals surface area contributed by atoms with E-state index in [1.54, 1.807) is 19.2 Å². The number of nitrogens with two attached hydrogens (primary N) is 1. The fraction of sp³-hybridized carbons (Fsp3) is 0.250.